The van der Waals surface area contributed by atoms with Crippen LogP contribution in [0.15, 0.2) is 11.5 Å². The van der Waals surface area contributed by atoms with Gasteiger partial charge in [0, 0.05) is 0 Å². The fourth-order valence-electron chi connectivity index (χ4n) is 0.977. The van der Waals surface area contributed by atoms with Crippen LogP contribution in [0.3, 0.4) is 0 Å². The van der Waals surface area contributed by atoms with Gasteiger partial charge in [-0.15, -0.1) is 9.61 Å². The van der Waals surface area contributed by atoms with E-state index in [0.717, 1.165) is 18.1 Å². The smallest absolute Gasteiger partial charge is 0.336 e. The molecular weight excluding hydrogens is 311 g/mol. The molecule has 0 fully saturated rings. The lowest BCUT2D eigenvalue weighted by atomic mass is 10.9. The first-order valence-corrected chi connectivity index (χ1v) is 7.00. The Morgan fingerprint density at radius 1 is 1.37 bits per heavy atom. The van der Waals surface area contributed by atoms with E-state index in [1.54, 1.807) is 6.26 Å². The van der Waals surface area contributed by atoms with Crippen LogP contribution < -0.4 is 4.18 Å². The van der Waals surface area contributed by atoms with Crippen molar-refractivity contribution in [2.45, 2.75) is 10.7 Å². The van der Waals surface area contributed by atoms with Crippen molar-refractivity contribution in [2.75, 3.05) is 6.26 Å². The molecule has 0 aliphatic rings. The lowest BCUT2D eigenvalue weighted by molar-refractivity contribution is -0.0503. The highest BCUT2D eigenvalue weighted by molar-refractivity contribution is 7.98. The molecule has 2 aromatic heterocycles. The molecule has 13 heteroatoms. The van der Waals surface area contributed by atoms with Crippen LogP contribution in [-0.2, 0) is 10.1 Å². The molecule has 8 nitrogen and oxygen atoms in total. The van der Waals surface area contributed by atoms with Crippen LogP contribution in [0, 0.1) is 0 Å². The molecule has 2 rings (SSSR count). The molecule has 19 heavy (non-hydrogen) atoms. The van der Waals surface area contributed by atoms with Crippen molar-refractivity contribution in [3.05, 3.63) is 6.33 Å². The quantitative estimate of drug-likeness (QED) is 0.458. The minimum atomic E-state index is -5.83. The van der Waals surface area contributed by atoms with E-state index in [2.05, 4.69) is 24.2 Å². The van der Waals surface area contributed by atoms with Crippen LogP contribution in [0.5, 0.6) is 6.01 Å². The fraction of sp³-hybridized carbons (Fsp3) is 0.333. The molecule has 0 aliphatic carbocycles. The third-order valence-electron chi connectivity index (χ3n) is 1.75. The second-order valence-electron chi connectivity index (χ2n) is 2.95. The van der Waals surface area contributed by atoms with Crippen molar-refractivity contribution in [1.29, 1.82) is 0 Å². The van der Waals surface area contributed by atoms with Crippen LogP contribution in [-0.4, -0.2) is 44.7 Å². The summed E-state index contributed by atoms with van der Waals surface area (Å²) < 4.78 is 63.0. The number of halogens is 3. The predicted molar refractivity (Wildman–Crippen MR) is 56.0 cm³/mol. The Morgan fingerprint density at radius 2 is 2.05 bits per heavy atom. The van der Waals surface area contributed by atoms with Gasteiger partial charge in [0.15, 0.2) is 5.16 Å². The van der Waals surface area contributed by atoms with Gasteiger partial charge in [-0.3, -0.25) is 0 Å². The van der Waals surface area contributed by atoms with E-state index in [1.165, 1.54) is 0 Å². The average molecular weight is 315 g/mol. The van der Waals surface area contributed by atoms with Crippen molar-refractivity contribution in [3.8, 4) is 6.01 Å². The van der Waals surface area contributed by atoms with Gasteiger partial charge in [0.1, 0.15) is 6.33 Å². The summed E-state index contributed by atoms with van der Waals surface area (Å²) in [4.78, 5) is 10.9. The van der Waals surface area contributed by atoms with Gasteiger partial charge >= 0.3 is 21.6 Å². The van der Waals surface area contributed by atoms with Crippen LogP contribution in [0.1, 0.15) is 0 Å². The monoisotopic (exact) mass is 315 g/mol. The molecule has 2 heterocycles. The zero-order chi connectivity index (χ0) is 14.3. The van der Waals surface area contributed by atoms with Crippen molar-refractivity contribution >= 4 is 27.7 Å². The predicted octanol–water partition coefficient (Wildman–Crippen LogP) is 0.470. The Balaban J connectivity index is 2.54. The largest absolute Gasteiger partial charge is 0.534 e. The third-order valence-corrected chi connectivity index (χ3v) is 3.23. The third kappa shape index (κ3) is 2.56. The van der Waals surface area contributed by atoms with Crippen LogP contribution in [0.4, 0.5) is 13.2 Å². The Bertz CT molecular complexity index is 712. The lowest BCUT2D eigenvalue weighted by Crippen LogP contribution is -2.29. The molecule has 104 valence electrons. The van der Waals surface area contributed by atoms with E-state index in [1.807, 2.05) is 0 Å². The molecule has 0 unspecified atom stereocenters. The molecule has 0 aromatic carbocycles. The standard InChI is InChI=1S/C6H4F3N5O3S2/c1-18-4-12-3-10-2-11-14(3)5(13-4)17-19(15,16)6(7,8)9/h2H,1H3. The van der Waals surface area contributed by atoms with E-state index < -0.39 is 21.6 Å². The van der Waals surface area contributed by atoms with Gasteiger partial charge in [-0.1, -0.05) is 11.8 Å². The molecular formula is C6H4F3N5O3S2. The minimum absolute atomic E-state index is 0.00660. The van der Waals surface area contributed by atoms with E-state index in [0.29, 0.717) is 4.52 Å². The number of nitrogens with zero attached hydrogens (tertiary/aromatic N) is 5. The van der Waals surface area contributed by atoms with E-state index in [-0.39, 0.29) is 10.9 Å². The van der Waals surface area contributed by atoms with Gasteiger partial charge in [0.25, 0.3) is 5.78 Å². The normalized spacial score (nSPS) is 12.8. The summed E-state index contributed by atoms with van der Waals surface area (Å²) in [5.74, 6) is -0.133. The van der Waals surface area contributed by atoms with Gasteiger partial charge < -0.3 is 4.18 Å². The zero-order valence-corrected chi connectivity index (χ0v) is 10.6. The summed E-state index contributed by atoms with van der Waals surface area (Å²) in [6, 6.07) is -0.885. The van der Waals surface area contributed by atoms with Crippen molar-refractivity contribution in [3.63, 3.8) is 0 Å². The molecule has 0 saturated heterocycles. The SMILES string of the molecule is CSc1nc(OS(=O)(=O)C(F)(F)F)n2ncnc2n1. The van der Waals surface area contributed by atoms with Gasteiger partial charge in [0.05, 0.1) is 0 Å². The topological polar surface area (TPSA) is 99.3 Å². The number of hydrogen-bond acceptors (Lipinski definition) is 8. The molecule has 0 amide bonds. The molecule has 0 radical (unpaired) electrons. The number of hydrogen-bond donors (Lipinski definition) is 0. The zero-order valence-electron chi connectivity index (χ0n) is 8.99. The van der Waals surface area contributed by atoms with E-state index in [4.69, 9.17) is 0 Å². The maximum absolute atomic E-state index is 12.2. The maximum Gasteiger partial charge on any atom is 0.534 e. The van der Waals surface area contributed by atoms with Crippen molar-refractivity contribution in [1.82, 2.24) is 24.6 Å². The molecule has 0 spiro atoms. The van der Waals surface area contributed by atoms with Crippen LogP contribution in [0.25, 0.3) is 5.78 Å². The van der Waals surface area contributed by atoms with E-state index >= 15 is 0 Å². The number of thioether (sulfide) groups is 1. The van der Waals surface area contributed by atoms with Crippen molar-refractivity contribution < 1.29 is 25.8 Å². The highest BCUT2D eigenvalue weighted by atomic mass is 32.2. The number of alkyl halides is 3. The van der Waals surface area contributed by atoms with Crippen LogP contribution in [0.2, 0.25) is 0 Å². The first-order chi connectivity index (χ1) is 8.74. The Kier molecular flexibility index (Phi) is 3.25. The molecule has 0 bridgehead atoms. The first-order valence-electron chi connectivity index (χ1n) is 4.37. The number of rotatable bonds is 3. The molecule has 2 aromatic rings. The summed E-state index contributed by atoms with van der Waals surface area (Å²) >= 11 is 0.975. The average Bonchev–Trinajstić information content (AvgIpc) is 2.75. The second kappa shape index (κ2) is 4.48. The lowest BCUT2D eigenvalue weighted by Gasteiger charge is -2.09. The van der Waals surface area contributed by atoms with Gasteiger partial charge in [0.2, 0.25) is 0 Å². The van der Waals surface area contributed by atoms with E-state index in [9.17, 15) is 21.6 Å². The Morgan fingerprint density at radius 3 is 2.63 bits per heavy atom. The highest BCUT2D eigenvalue weighted by Gasteiger charge is 2.49. The summed E-state index contributed by atoms with van der Waals surface area (Å²) in [7, 11) is -5.83. The molecule has 0 N–H and O–H groups in total. The van der Waals surface area contributed by atoms with Crippen LogP contribution >= 0.6 is 11.8 Å². The highest BCUT2D eigenvalue weighted by Crippen LogP contribution is 2.26. The number of aromatic nitrogens is 5. The van der Waals surface area contributed by atoms with Gasteiger partial charge in [-0.2, -0.15) is 36.5 Å². The molecule has 0 atom stereocenters. The number of fused-ring (bicyclic) bond motifs is 1. The minimum Gasteiger partial charge on any atom is -0.336 e. The summed E-state index contributed by atoms with van der Waals surface area (Å²) in [5, 5.41) is 3.47. The summed E-state index contributed by atoms with van der Waals surface area (Å²) in [6.07, 6.45) is 2.52. The molecule has 0 saturated carbocycles. The fourth-order valence-corrected chi connectivity index (χ4v) is 1.72. The summed E-state index contributed by atoms with van der Waals surface area (Å²) in [5.41, 5.74) is -5.57. The Hall–Kier alpha value is -1.63. The van der Waals surface area contributed by atoms with Crippen molar-refractivity contribution in [2.24, 2.45) is 0 Å². The second-order valence-corrected chi connectivity index (χ2v) is 5.26. The Labute approximate surface area is 108 Å². The molecule has 0 aliphatic heterocycles. The maximum atomic E-state index is 12.2. The summed E-state index contributed by atoms with van der Waals surface area (Å²) in [6.45, 7) is 0. The van der Waals surface area contributed by atoms with Gasteiger partial charge in [-0.25, -0.2) is 0 Å². The first kappa shape index (κ1) is 13.8. The van der Waals surface area contributed by atoms with Gasteiger partial charge in [-0.05, 0) is 6.26 Å².